The Morgan fingerprint density at radius 1 is 1.73 bits per heavy atom. The van der Waals surface area contributed by atoms with Crippen LogP contribution in [0.1, 0.15) is 33.1 Å². The number of hydrogen-bond donors (Lipinski definition) is 1. The number of nitriles is 1. The maximum absolute atomic E-state index is 10.9. The molecule has 0 rings (SSSR count). The number of ketones is 1. The van der Waals surface area contributed by atoms with E-state index < -0.39 is 5.60 Å². The van der Waals surface area contributed by atoms with Gasteiger partial charge in [-0.25, -0.2) is 0 Å². The maximum Gasteiger partial charge on any atom is 0.155 e. The normalized spacial score (nSPS) is 15.1. The van der Waals surface area contributed by atoms with Gasteiger partial charge >= 0.3 is 0 Å². The monoisotopic (exact) mass is 155 g/mol. The number of Topliss-reactive ketones (excluding diaryl/α,β-unsaturated/α-hetero) is 1. The number of nitrogens with zero attached hydrogens (tertiary/aromatic N) is 1. The molecule has 1 atom stereocenters. The fraction of sp³-hybridized carbons (Fsp3) is 0.750. The van der Waals surface area contributed by atoms with Crippen molar-refractivity contribution in [2.45, 2.75) is 38.7 Å². The Bertz CT molecular complexity index is 179. The minimum Gasteiger partial charge on any atom is -0.375 e. The van der Waals surface area contributed by atoms with Crippen LogP contribution in [0.2, 0.25) is 0 Å². The minimum absolute atomic E-state index is 0.0564. The summed E-state index contributed by atoms with van der Waals surface area (Å²) < 4.78 is 0. The first-order valence-corrected chi connectivity index (χ1v) is 3.67. The summed E-state index contributed by atoms with van der Waals surface area (Å²) in [4.78, 5) is 10.9. The van der Waals surface area contributed by atoms with Gasteiger partial charge in [-0.05, 0) is 13.3 Å². The highest BCUT2D eigenvalue weighted by atomic mass is 16.3. The lowest BCUT2D eigenvalue weighted by Crippen LogP contribution is -2.25. The number of rotatable bonds is 4. The molecule has 0 spiro atoms. The lowest BCUT2D eigenvalue weighted by Gasteiger charge is -2.11. The van der Waals surface area contributed by atoms with Gasteiger partial charge in [-0.3, -0.25) is 4.79 Å². The second kappa shape index (κ2) is 4.09. The Hall–Kier alpha value is -0.880. The third-order valence-electron chi connectivity index (χ3n) is 1.31. The average Bonchev–Trinajstić information content (AvgIpc) is 1.87. The Labute approximate surface area is 66.6 Å². The van der Waals surface area contributed by atoms with Crippen LogP contribution < -0.4 is 0 Å². The summed E-state index contributed by atoms with van der Waals surface area (Å²) in [6, 6.07) is 1.67. The van der Waals surface area contributed by atoms with Crippen molar-refractivity contribution in [1.29, 1.82) is 5.26 Å². The van der Waals surface area contributed by atoms with Crippen molar-refractivity contribution >= 4 is 5.78 Å². The van der Waals surface area contributed by atoms with Gasteiger partial charge in [0.05, 0.1) is 6.07 Å². The number of hydrogen-bond acceptors (Lipinski definition) is 3. The molecule has 0 fully saturated rings. The first kappa shape index (κ1) is 10.1. The molecule has 0 saturated carbocycles. The average molecular weight is 155 g/mol. The van der Waals surface area contributed by atoms with E-state index in [0.29, 0.717) is 6.42 Å². The Balaban J connectivity index is 3.86. The Morgan fingerprint density at radius 2 is 2.27 bits per heavy atom. The van der Waals surface area contributed by atoms with Gasteiger partial charge in [0.15, 0.2) is 5.60 Å². The van der Waals surface area contributed by atoms with Crippen molar-refractivity contribution in [3.63, 3.8) is 0 Å². The van der Waals surface area contributed by atoms with Crippen LogP contribution in [0.25, 0.3) is 0 Å². The van der Waals surface area contributed by atoms with Gasteiger partial charge in [-0.1, -0.05) is 6.92 Å². The fourth-order valence-electron chi connectivity index (χ4n) is 0.791. The highest BCUT2D eigenvalue weighted by Gasteiger charge is 2.22. The van der Waals surface area contributed by atoms with Crippen molar-refractivity contribution in [1.82, 2.24) is 0 Å². The summed E-state index contributed by atoms with van der Waals surface area (Å²) in [5, 5.41) is 17.5. The molecule has 0 radical (unpaired) electrons. The van der Waals surface area contributed by atoms with E-state index in [1.54, 1.807) is 6.07 Å². The largest absolute Gasteiger partial charge is 0.375 e. The molecule has 3 heteroatoms. The summed E-state index contributed by atoms with van der Waals surface area (Å²) in [5.74, 6) is -0.0564. The molecule has 11 heavy (non-hydrogen) atoms. The molecule has 1 N–H and O–H groups in total. The van der Waals surface area contributed by atoms with E-state index in [1.165, 1.54) is 6.92 Å². The zero-order valence-corrected chi connectivity index (χ0v) is 6.92. The summed E-state index contributed by atoms with van der Waals surface area (Å²) >= 11 is 0. The van der Waals surface area contributed by atoms with Crippen molar-refractivity contribution in [2.75, 3.05) is 0 Å². The lowest BCUT2D eigenvalue weighted by molar-refractivity contribution is -0.121. The number of carbonyl (C=O) groups is 1. The van der Waals surface area contributed by atoms with Crippen LogP contribution in [0.4, 0.5) is 0 Å². The SMILES string of the molecule is CCCC(=O)CC(C)(O)C#N. The highest BCUT2D eigenvalue weighted by molar-refractivity contribution is 5.79. The molecule has 0 bridgehead atoms. The van der Waals surface area contributed by atoms with Gasteiger partial charge in [0.2, 0.25) is 0 Å². The molecule has 0 saturated heterocycles. The third kappa shape index (κ3) is 4.51. The quantitative estimate of drug-likeness (QED) is 0.616. The standard InChI is InChI=1S/C8H13NO2/c1-3-4-7(10)5-8(2,11)6-9/h11H,3-5H2,1-2H3. The zero-order valence-electron chi connectivity index (χ0n) is 6.92. The molecule has 0 aliphatic carbocycles. The molecule has 0 aromatic heterocycles. The van der Waals surface area contributed by atoms with Gasteiger partial charge in [-0.15, -0.1) is 0 Å². The lowest BCUT2D eigenvalue weighted by atomic mass is 9.99. The van der Waals surface area contributed by atoms with Gasteiger partial charge in [0.1, 0.15) is 5.78 Å². The van der Waals surface area contributed by atoms with Crippen LogP contribution in [-0.2, 0) is 4.79 Å². The highest BCUT2D eigenvalue weighted by Crippen LogP contribution is 2.09. The second-order valence-corrected chi connectivity index (χ2v) is 2.85. The molecule has 62 valence electrons. The molecular weight excluding hydrogens is 142 g/mol. The van der Waals surface area contributed by atoms with Crippen LogP contribution in [0.3, 0.4) is 0 Å². The summed E-state index contributed by atoms with van der Waals surface area (Å²) in [6.45, 7) is 3.24. The van der Waals surface area contributed by atoms with Gasteiger partial charge < -0.3 is 5.11 Å². The Kier molecular flexibility index (Phi) is 3.77. The maximum atomic E-state index is 10.9. The zero-order chi connectivity index (χ0) is 8.91. The van der Waals surface area contributed by atoms with Crippen molar-refractivity contribution < 1.29 is 9.90 Å². The predicted molar refractivity (Wildman–Crippen MR) is 40.8 cm³/mol. The topological polar surface area (TPSA) is 61.1 Å². The molecule has 1 unspecified atom stereocenters. The second-order valence-electron chi connectivity index (χ2n) is 2.85. The number of carbonyl (C=O) groups excluding carboxylic acids is 1. The third-order valence-corrected chi connectivity index (χ3v) is 1.31. The van der Waals surface area contributed by atoms with Gasteiger partial charge in [-0.2, -0.15) is 5.26 Å². The van der Waals surface area contributed by atoms with E-state index in [2.05, 4.69) is 0 Å². The summed E-state index contributed by atoms with van der Waals surface area (Å²) in [6.07, 6.45) is 1.15. The first-order valence-electron chi connectivity index (χ1n) is 3.67. The molecule has 0 aliphatic rings. The van der Waals surface area contributed by atoms with E-state index >= 15 is 0 Å². The van der Waals surface area contributed by atoms with Crippen LogP contribution in [0.15, 0.2) is 0 Å². The number of aliphatic hydroxyl groups is 1. The molecule has 0 heterocycles. The minimum atomic E-state index is -1.48. The van der Waals surface area contributed by atoms with Crippen molar-refractivity contribution in [3.05, 3.63) is 0 Å². The van der Waals surface area contributed by atoms with Gasteiger partial charge in [0.25, 0.3) is 0 Å². The molecule has 0 amide bonds. The van der Waals surface area contributed by atoms with Gasteiger partial charge in [0, 0.05) is 12.8 Å². The molecular formula is C8H13NO2. The first-order chi connectivity index (χ1) is 5.02. The fourth-order valence-corrected chi connectivity index (χ4v) is 0.791. The van der Waals surface area contributed by atoms with Crippen molar-refractivity contribution in [2.24, 2.45) is 0 Å². The van der Waals surface area contributed by atoms with Crippen LogP contribution in [0, 0.1) is 11.3 Å². The van der Waals surface area contributed by atoms with E-state index in [4.69, 9.17) is 10.4 Å². The molecule has 3 nitrogen and oxygen atoms in total. The van der Waals surface area contributed by atoms with E-state index in [1.807, 2.05) is 6.92 Å². The van der Waals surface area contributed by atoms with Crippen LogP contribution in [0.5, 0.6) is 0 Å². The molecule has 0 aliphatic heterocycles. The molecule has 0 aromatic carbocycles. The molecule has 0 aromatic rings. The van der Waals surface area contributed by atoms with E-state index in [-0.39, 0.29) is 12.2 Å². The summed E-state index contributed by atoms with van der Waals surface area (Å²) in [7, 11) is 0. The smallest absolute Gasteiger partial charge is 0.155 e. The van der Waals surface area contributed by atoms with E-state index in [0.717, 1.165) is 6.42 Å². The van der Waals surface area contributed by atoms with E-state index in [9.17, 15) is 4.79 Å². The predicted octanol–water partition coefficient (Wildman–Crippen LogP) is 1.02. The Morgan fingerprint density at radius 3 is 2.64 bits per heavy atom. The van der Waals surface area contributed by atoms with Crippen LogP contribution >= 0.6 is 0 Å². The summed E-state index contributed by atoms with van der Waals surface area (Å²) in [5.41, 5.74) is -1.48. The van der Waals surface area contributed by atoms with Crippen LogP contribution in [-0.4, -0.2) is 16.5 Å². The van der Waals surface area contributed by atoms with Crippen molar-refractivity contribution in [3.8, 4) is 6.07 Å².